The Kier molecular flexibility index (Phi) is 8.48. The van der Waals surface area contributed by atoms with Crippen LogP contribution in [0.15, 0.2) is 36.5 Å². The van der Waals surface area contributed by atoms with Crippen molar-refractivity contribution in [2.75, 3.05) is 19.7 Å². The van der Waals surface area contributed by atoms with E-state index < -0.39 is 0 Å². The molecule has 1 aromatic carbocycles. The molecule has 0 radical (unpaired) electrons. The number of aliphatic hydroxyl groups excluding tert-OH is 1. The van der Waals surface area contributed by atoms with Crippen molar-refractivity contribution in [3.8, 4) is 17.6 Å². The van der Waals surface area contributed by atoms with E-state index in [4.69, 9.17) is 21.4 Å². The largest absolute Gasteiger partial charge is 0.489 e. The van der Waals surface area contributed by atoms with Crippen molar-refractivity contribution in [3.63, 3.8) is 0 Å². The topological polar surface area (TPSA) is 91.8 Å². The van der Waals surface area contributed by atoms with Crippen molar-refractivity contribution >= 4 is 23.4 Å². The lowest BCUT2D eigenvalue weighted by atomic mass is 10.1. The first-order valence-corrected chi connectivity index (χ1v) is 10.9. The standard InChI is InChI=1S/C24H26ClN3O4/c1-17(30)28-11-9-21(10-12-28)32-23-14-22(26-16-19(23)4-2-3-13-29)24(31)27-15-18-5-7-20(25)8-6-18/h5-8,14,16,21,29H,3,9-13,15H2,1H3,(H,27,31). The van der Waals surface area contributed by atoms with Crippen LogP contribution < -0.4 is 10.1 Å². The Labute approximate surface area is 192 Å². The fourth-order valence-corrected chi connectivity index (χ4v) is 3.44. The van der Waals surface area contributed by atoms with E-state index >= 15 is 0 Å². The van der Waals surface area contributed by atoms with Crippen LogP contribution in [0.3, 0.4) is 0 Å². The van der Waals surface area contributed by atoms with E-state index in [0.29, 0.717) is 55.2 Å². The monoisotopic (exact) mass is 455 g/mol. The third-order valence-corrected chi connectivity index (χ3v) is 5.36. The van der Waals surface area contributed by atoms with Gasteiger partial charge in [0.15, 0.2) is 0 Å². The van der Waals surface area contributed by atoms with Gasteiger partial charge in [0.2, 0.25) is 5.91 Å². The highest BCUT2D eigenvalue weighted by Crippen LogP contribution is 2.23. The van der Waals surface area contributed by atoms with E-state index in [1.54, 1.807) is 30.0 Å². The molecule has 0 saturated carbocycles. The first kappa shape index (κ1) is 23.6. The molecule has 1 aromatic heterocycles. The lowest BCUT2D eigenvalue weighted by Crippen LogP contribution is -2.40. The van der Waals surface area contributed by atoms with Crippen LogP contribution in [0.2, 0.25) is 5.02 Å². The molecular formula is C24H26ClN3O4. The minimum atomic E-state index is -0.328. The normalized spacial score (nSPS) is 13.8. The summed E-state index contributed by atoms with van der Waals surface area (Å²) in [6.45, 7) is 3.13. The number of halogens is 1. The highest BCUT2D eigenvalue weighted by Gasteiger charge is 2.23. The molecule has 1 fully saturated rings. The summed E-state index contributed by atoms with van der Waals surface area (Å²) in [5, 5.41) is 12.5. The predicted molar refractivity (Wildman–Crippen MR) is 121 cm³/mol. The van der Waals surface area contributed by atoms with E-state index in [-0.39, 0.29) is 30.2 Å². The summed E-state index contributed by atoms with van der Waals surface area (Å²) < 4.78 is 6.17. The van der Waals surface area contributed by atoms with Gasteiger partial charge in [0, 0.05) is 63.1 Å². The molecule has 3 rings (SSSR count). The van der Waals surface area contributed by atoms with Gasteiger partial charge in [0.05, 0.1) is 12.2 Å². The summed E-state index contributed by atoms with van der Waals surface area (Å²) in [5.74, 6) is 6.03. The number of nitrogens with zero attached hydrogens (tertiary/aromatic N) is 2. The van der Waals surface area contributed by atoms with E-state index in [1.807, 2.05) is 12.1 Å². The van der Waals surface area contributed by atoms with Crippen molar-refractivity contribution in [3.05, 3.63) is 58.4 Å². The maximum atomic E-state index is 12.7. The summed E-state index contributed by atoms with van der Waals surface area (Å²) >= 11 is 5.90. The van der Waals surface area contributed by atoms with Crippen LogP contribution in [0, 0.1) is 11.8 Å². The quantitative estimate of drug-likeness (QED) is 0.653. The number of carbonyl (C=O) groups is 2. The molecule has 2 aromatic rings. The van der Waals surface area contributed by atoms with E-state index in [1.165, 1.54) is 6.20 Å². The molecule has 2 N–H and O–H groups in total. The van der Waals surface area contributed by atoms with E-state index in [9.17, 15) is 9.59 Å². The number of carbonyl (C=O) groups excluding carboxylic acids is 2. The number of hydrogen-bond donors (Lipinski definition) is 2. The minimum absolute atomic E-state index is 0.0364. The van der Waals surface area contributed by atoms with Crippen molar-refractivity contribution in [2.24, 2.45) is 0 Å². The van der Waals surface area contributed by atoms with E-state index in [2.05, 4.69) is 22.1 Å². The Morgan fingerprint density at radius 2 is 2.00 bits per heavy atom. The highest BCUT2D eigenvalue weighted by atomic mass is 35.5. The first-order valence-electron chi connectivity index (χ1n) is 10.5. The van der Waals surface area contributed by atoms with Crippen LogP contribution in [0.4, 0.5) is 0 Å². The molecule has 8 heteroatoms. The number of aliphatic hydroxyl groups is 1. The number of amides is 2. The summed E-state index contributed by atoms with van der Waals surface area (Å²) in [7, 11) is 0. The van der Waals surface area contributed by atoms with Crippen LogP contribution >= 0.6 is 11.6 Å². The fourth-order valence-electron chi connectivity index (χ4n) is 3.31. The highest BCUT2D eigenvalue weighted by molar-refractivity contribution is 6.30. The minimum Gasteiger partial charge on any atom is -0.489 e. The Balaban J connectivity index is 1.72. The third kappa shape index (κ3) is 6.71. The molecule has 2 heterocycles. The summed E-state index contributed by atoms with van der Waals surface area (Å²) in [5.41, 5.74) is 1.70. The number of nitrogens with one attached hydrogen (secondary N) is 1. The number of aromatic nitrogens is 1. The molecule has 0 bridgehead atoms. The summed E-state index contributed by atoms with van der Waals surface area (Å²) in [6, 6.07) is 8.82. The molecule has 1 saturated heterocycles. The van der Waals surface area contributed by atoms with Gasteiger partial charge in [0.25, 0.3) is 5.91 Å². The van der Waals surface area contributed by atoms with Crippen LogP contribution in [0.5, 0.6) is 5.75 Å². The van der Waals surface area contributed by atoms with Gasteiger partial charge in [-0.25, -0.2) is 4.98 Å². The summed E-state index contributed by atoms with van der Waals surface area (Å²) in [6.07, 6.45) is 3.16. The molecule has 1 aliphatic rings. The van der Waals surface area contributed by atoms with Crippen molar-refractivity contribution in [1.82, 2.24) is 15.2 Å². The van der Waals surface area contributed by atoms with Gasteiger partial charge in [-0.3, -0.25) is 9.59 Å². The smallest absolute Gasteiger partial charge is 0.270 e. The van der Waals surface area contributed by atoms with Gasteiger partial charge >= 0.3 is 0 Å². The zero-order valence-electron chi connectivity index (χ0n) is 17.9. The fraction of sp³-hybridized carbons (Fsp3) is 0.375. The molecule has 0 unspecified atom stereocenters. The summed E-state index contributed by atoms with van der Waals surface area (Å²) in [4.78, 5) is 30.2. The number of piperidine rings is 1. The zero-order valence-corrected chi connectivity index (χ0v) is 18.7. The molecule has 0 atom stereocenters. The molecule has 0 aliphatic carbocycles. The molecule has 168 valence electrons. The SMILES string of the molecule is CC(=O)N1CCC(Oc2cc(C(=O)NCc3ccc(Cl)cc3)ncc2C#CCCO)CC1. The second-order valence-electron chi connectivity index (χ2n) is 7.47. The molecule has 32 heavy (non-hydrogen) atoms. The van der Waals surface area contributed by atoms with Gasteiger partial charge in [-0.1, -0.05) is 35.6 Å². The Morgan fingerprint density at radius 3 is 2.66 bits per heavy atom. The lowest BCUT2D eigenvalue weighted by Gasteiger charge is -2.31. The molecule has 7 nitrogen and oxygen atoms in total. The van der Waals surface area contributed by atoms with Gasteiger partial charge in [-0.05, 0) is 17.7 Å². The lowest BCUT2D eigenvalue weighted by molar-refractivity contribution is -0.130. The Bertz CT molecular complexity index is 1010. The maximum absolute atomic E-state index is 12.7. The Hall–Kier alpha value is -3.08. The predicted octanol–water partition coefficient (Wildman–Crippen LogP) is 2.79. The molecule has 2 amide bonds. The average Bonchev–Trinajstić information content (AvgIpc) is 2.80. The number of likely N-dealkylation sites (tertiary alicyclic amines) is 1. The molecular weight excluding hydrogens is 430 g/mol. The van der Waals surface area contributed by atoms with Gasteiger partial charge in [-0.2, -0.15) is 0 Å². The Morgan fingerprint density at radius 1 is 1.28 bits per heavy atom. The van der Waals surface area contributed by atoms with Crippen molar-refractivity contribution < 1.29 is 19.4 Å². The second-order valence-corrected chi connectivity index (χ2v) is 7.91. The van der Waals surface area contributed by atoms with Crippen LogP contribution in [-0.4, -0.2) is 52.6 Å². The number of rotatable bonds is 6. The van der Waals surface area contributed by atoms with Crippen molar-refractivity contribution in [2.45, 2.75) is 38.8 Å². The van der Waals surface area contributed by atoms with Gasteiger partial charge in [0.1, 0.15) is 17.5 Å². The van der Waals surface area contributed by atoms with Crippen molar-refractivity contribution in [1.29, 1.82) is 0 Å². The number of pyridine rings is 1. The van der Waals surface area contributed by atoms with Gasteiger partial charge < -0.3 is 20.1 Å². The number of hydrogen-bond acceptors (Lipinski definition) is 5. The van der Waals surface area contributed by atoms with Crippen LogP contribution in [-0.2, 0) is 11.3 Å². The molecule has 1 aliphatic heterocycles. The number of benzene rings is 1. The number of ether oxygens (including phenoxy) is 1. The average molecular weight is 456 g/mol. The van der Waals surface area contributed by atoms with Crippen LogP contribution in [0.25, 0.3) is 0 Å². The maximum Gasteiger partial charge on any atom is 0.270 e. The second kappa shape index (κ2) is 11.5. The van der Waals surface area contributed by atoms with Gasteiger partial charge in [-0.15, -0.1) is 0 Å². The third-order valence-electron chi connectivity index (χ3n) is 5.11. The zero-order chi connectivity index (χ0) is 22.9. The van der Waals surface area contributed by atoms with E-state index in [0.717, 1.165) is 5.56 Å². The first-order chi connectivity index (χ1) is 15.5. The molecule has 0 spiro atoms. The van der Waals surface area contributed by atoms with Crippen LogP contribution in [0.1, 0.15) is 47.8 Å².